The van der Waals surface area contributed by atoms with Crippen molar-refractivity contribution in [3.8, 4) is 22.6 Å². The van der Waals surface area contributed by atoms with Gasteiger partial charge in [-0.2, -0.15) is 0 Å². The summed E-state index contributed by atoms with van der Waals surface area (Å²) in [6.45, 7) is 16.0. The Labute approximate surface area is 338 Å². The Morgan fingerprint density at radius 2 is 1.07 bits per heavy atom. The smallest absolute Gasteiger partial charge is 0.330 e. The molecule has 0 atom stereocenters. The number of ether oxygens (including phenoxy) is 3. The van der Waals surface area contributed by atoms with Gasteiger partial charge in [0.1, 0.15) is 11.5 Å². The van der Waals surface area contributed by atoms with Gasteiger partial charge in [0.05, 0.1) is 13.2 Å². The molecule has 0 N–H and O–H groups in total. The third-order valence-electron chi connectivity index (χ3n) is 10.8. The summed E-state index contributed by atoms with van der Waals surface area (Å²) in [5.41, 5.74) is 11.3. The number of hydrogen-bond acceptors (Lipinski definition) is 6. The summed E-state index contributed by atoms with van der Waals surface area (Å²) in [4.78, 5) is 25.6. The van der Waals surface area contributed by atoms with Gasteiger partial charge in [-0.3, -0.25) is 0 Å². The molecular weight excluding hydrogens is 707 g/mol. The van der Waals surface area contributed by atoms with Gasteiger partial charge in [-0.25, -0.2) is 9.59 Å². The van der Waals surface area contributed by atoms with Crippen LogP contribution in [0, 0.1) is 0 Å². The van der Waals surface area contributed by atoms with Gasteiger partial charge >= 0.3 is 11.9 Å². The van der Waals surface area contributed by atoms with E-state index in [0.717, 1.165) is 83.8 Å². The van der Waals surface area contributed by atoms with Crippen molar-refractivity contribution in [2.24, 2.45) is 0 Å². The second kappa shape index (κ2) is 19.1. The van der Waals surface area contributed by atoms with Crippen LogP contribution in [0.5, 0.6) is 11.5 Å². The summed E-state index contributed by atoms with van der Waals surface area (Å²) in [5, 5.41) is 0. The predicted octanol–water partition coefficient (Wildman–Crippen LogP) is 12.8. The molecule has 0 bridgehead atoms. The molecule has 0 aliphatic heterocycles. The lowest BCUT2D eigenvalue weighted by molar-refractivity contribution is -0.138. The van der Waals surface area contributed by atoms with E-state index in [9.17, 15) is 9.59 Å². The Morgan fingerprint density at radius 3 is 1.56 bits per heavy atom. The summed E-state index contributed by atoms with van der Waals surface area (Å²) in [6.07, 6.45) is 11.9. The Bertz CT molecular complexity index is 2110. The lowest BCUT2D eigenvalue weighted by Gasteiger charge is -2.34. The fourth-order valence-corrected chi connectivity index (χ4v) is 7.82. The number of rotatable bonds is 20. The first kappa shape index (κ1) is 40.5. The molecule has 5 aromatic carbocycles. The molecule has 5 aromatic rings. The number of carbonyl (C=O) groups is 2. The summed E-state index contributed by atoms with van der Waals surface area (Å²) < 4.78 is 17.0. The van der Waals surface area contributed by atoms with E-state index in [-0.39, 0.29) is 18.6 Å². The standard InChI is InChI=1S/C51H53NO5/c1-6-11-31-51(32-12-7-2)47-35-42(23-27-45(47)46-28-26-44(36-48(46)51)57-43-24-17-37(8-3)18-25-43)52(40-19-13-38(14-20-40)29-33-55-49(53)9-4)41-21-15-39(16-22-41)30-34-56-50(54)10-5/h8-10,13-28,35-36H,3-7,11-12,29-34H2,1-2H3. The summed E-state index contributed by atoms with van der Waals surface area (Å²) in [5.74, 6) is 0.797. The maximum absolute atomic E-state index is 11.6. The molecule has 0 saturated heterocycles. The highest BCUT2D eigenvalue weighted by Crippen LogP contribution is 2.56. The van der Waals surface area contributed by atoms with E-state index in [4.69, 9.17) is 14.2 Å². The lowest BCUT2D eigenvalue weighted by Crippen LogP contribution is -2.26. The Hall–Kier alpha value is -6.14. The first-order chi connectivity index (χ1) is 27.8. The molecule has 6 heteroatoms. The quantitative estimate of drug-likeness (QED) is 0.0581. The molecule has 57 heavy (non-hydrogen) atoms. The predicted molar refractivity (Wildman–Crippen MR) is 233 cm³/mol. The number of anilines is 3. The second-order valence-electron chi connectivity index (χ2n) is 14.5. The van der Waals surface area contributed by atoms with Crippen LogP contribution in [0.25, 0.3) is 17.2 Å². The second-order valence-corrected chi connectivity index (χ2v) is 14.5. The van der Waals surface area contributed by atoms with Gasteiger partial charge in [0.15, 0.2) is 0 Å². The minimum absolute atomic E-state index is 0.177. The average molecular weight is 760 g/mol. The molecule has 1 aliphatic carbocycles. The van der Waals surface area contributed by atoms with E-state index in [2.05, 4.69) is 123 Å². The van der Waals surface area contributed by atoms with Crippen LogP contribution in [-0.4, -0.2) is 25.2 Å². The molecular formula is C51H53NO5. The van der Waals surface area contributed by atoms with Gasteiger partial charge < -0.3 is 19.1 Å². The molecule has 1 aliphatic rings. The summed E-state index contributed by atoms with van der Waals surface area (Å²) >= 11 is 0. The largest absolute Gasteiger partial charge is 0.462 e. The number of unbranched alkanes of at least 4 members (excludes halogenated alkanes) is 2. The SMILES string of the molecule is C=CC(=O)OCCc1ccc(N(c2ccc(CCOC(=O)C=C)cc2)c2ccc3c(c2)C(CCCC)(CCCC)c2cc(Oc4ccc(C=C)cc4)ccc2-3)cc1. The van der Waals surface area contributed by atoms with E-state index in [1.807, 2.05) is 30.3 Å². The molecule has 0 unspecified atom stereocenters. The number of esters is 2. The highest BCUT2D eigenvalue weighted by molar-refractivity contribution is 5.86. The maximum atomic E-state index is 11.6. The number of fused-ring (bicyclic) bond motifs is 3. The number of hydrogen-bond donors (Lipinski definition) is 0. The molecule has 292 valence electrons. The van der Waals surface area contributed by atoms with Crippen molar-refractivity contribution < 1.29 is 23.8 Å². The van der Waals surface area contributed by atoms with Crippen molar-refractivity contribution in [2.75, 3.05) is 18.1 Å². The fourth-order valence-electron chi connectivity index (χ4n) is 7.82. The number of benzene rings is 5. The van der Waals surface area contributed by atoms with Gasteiger partial charge in [0.25, 0.3) is 0 Å². The topological polar surface area (TPSA) is 65.1 Å². The third kappa shape index (κ3) is 9.46. The van der Waals surface area contributed by atoms with E-state index >= 15 is 0 Å². The van der Waals surface area contributed by atoms with Crippen molar-refractivity contribution in [3.05, 3.63) is 169 Å². The van der Waals surface area contributed by atoms with E-state index in [1.54, 1.807) is 0 Å². The van der Waals surface area contributed by atoms with Crippen LogP contribution in [-0.2, 0) is 37.3 Å². The summed E-state index contributed by atoms with van der Waals surface area (Å²) in [6, 6.07) is 38.5. The third-order valence-corrected chi connectivity index (χ3v) is 10.8. The number of carbonyl (C=O) groups excluding carboxylic acids is 2. The van der Waals surface area contributed by atoms with Crippen molar-refractivity contribution in [1.29, 1.82) is 0 Å². The Balaban J connectivity index is 1.41. The van der Waals surface area contributed by atoms with Gasteiger partial charge in [0.2, 0.25) is 0 Å². The molecule has 0 heterocycles. The van der Waals surface area contributed by atoms with E-state index in [1.165, 1.54) is 34.4 Å². The number of nitrogens with zero attached hydrogens (tertiary/aromatic N) is 1. The molecule has 0 fully saturated rings. The molecule has 6 rings (SSSR count). The molecule has 6 nitrogen and oxygen atoms in total. The van der Waals surface area contributed by atoms with Gasteiger partial charge in [0, 0.05) is 47.5 Å². The van der Waals surface area contributed by atoms with E-state index < -0.39 is 11.9 Å². The Morgan fingerprint density at radius 1 is 0.596 bits per heavy atom. The van der Waals surface area contributed by atoms with Gasteiger partial charge in [-0.1, -0.05) is 114 Å². The highest BCUT2D eigenvalue weighted by atomic mass is 16.5. The average Bonchev–Trinajstić information content (AvgIpc) is 3.51. The molecule has 0 amide bonds. The summed E-state index contributed by atoms with van der Waals surface area (Å²) in [7, 11) is 0. The van der Waals surface area contributed by atoms with Gasteiger partial charge in [-0.05, 0) is 112 Å². The van der Waals surface area contributed by atoms with Crippen LogP contribution >= 0.6 is 0 Å². The molecule has 0 spiro atoms. The molecule has 0 saturated carbocycles. The van der Waals surface area contributed by atoms with Crippen LogP contribution < -0.4 is 9.64 Å². The van der Waals surface area contributed by atoms with E-state index in [0.29, 0.717) is 12.8 Å². The zero-order valence-electron chi connectivity index (χ0n) is 33.3. The van der Waals surface area contributed by atoms with Crippen molar-refractivity contribution in [1.82, 2.24) is 0 Å². The zero-order chi connectivity index (χ0) is 40.2. The van der Waals surface area contributed by atoms with Crippen LogP contribution in [0.2, 0.25) is 0 Å². The lowest BCUT2D eigenvalue weighted by atomic mass is 9.70. The first-order valence-corrected chi connectivity index (χ1v) is 20.1. The molecule has 0 radical (unpaired) electrons. The van der Waals surface area contributed by atoms with Crippen molar-refractivity contribution in [3.63, 3.8) is 0 Å². The van der Waals surface area contributed by atoms with Crippen LogP contribution in [0.15, 0.2) is 141 Å². The fraction of sp³-hybridized carbons (Fsp3) is 0.255. The highest BCUT2D eigenvalue weighted by Gasteiger charge is 2.43. The first-order valence-electron chi connectivity index (χ1n) is 20.1. The normalized spacial score (nSPS) is 12.2. The van der Waals surface area contributed by atoms with Crippen LogP contribution in [0.3, 0.4) is 0 Å². The van der Waals surface area contributed by atoms with Crippen LogP contribution in [0.4, 0.5) is 17.1 Å². The van der Waals surface area contributed by atoms with Crippen molar-refractivity contribution in [2.45, 2.75) is 70.6 Å². The van der Waals surface area contributed by atoms with Crippen LogP contribution in [0.1, 0.15) is 80.2 Å². The monoisotopic (exact) mass is 759 g/mol. The maximum Gasteiger partial charge on any atom is 0.330 e. The minimum Gasteiger partial charge on any atom is -0.462 e. The van der Waals surface area contributed by atoms with Gasteiger partial charge in [-0.15, -0.1) is 0 Å². The Kier molecular flexibility index (Phi) is 13.6. The zero-order valence-corrected chi connectivity index (χ0v) is 33.3. The minimum atomic E-state index is -0.421. The van der Waals surface area contributed by atoms with Crippen molar-refractivity contribution >= 4 is 35.1 Å². The molecule has 0 aromatic heterocycles.